The molecular formula is C13H15BrN2S. The lowest BCUT2D eigenvalue weighted by Crippen LogP contribution is -1.96. The Morgan fingerprint density at radius 2 is 2.06 bits per heavy atom. The van der Waals surface area contributed by atoms with E-state index in [1.54, 1.807) is 11.3 Å². The van der Waals surface area contributed by atoms with Crippen LogP contribution in [-0.2, 0) is 0 Å². The van der Waals surface area contributed by atoms with Gasteiger partial charge in [0.05, 0.1) is 5.69 Å². The molecule has 2 nitrogen and oxygen atoms in total. The molecule has 1 heterocycles. The quantitative estimate of drug-likeness (QED) is 0.900. The van der Waals surface area contributed by atoms with Gasteiger partial charge in [0.1, 0.15) is 0 Å². The molecule has 0 aliphatic carbocycles. The fraction of sp³-hybridized carbons (Fsp3) is 0.308. The maximum absolute atomic E-state index is 5.75. The fourth-order valence-corrected chi connectivity index (χ4v) is 3.08. The van der Waals surface area contributed by atoms with Gasteiger partial charge in [-0.3, -0.25) is 0 Å². The number of hydrogen-bond acceptors (Lipinski definition) is 3. The molecule has 4 heteroatoms. The van der Waals surface area contributed by atoms with Crippen LogP contribution in [0.4, 0.5) is 5.13 Å². The van der Waals surface area contributed by atoms with Crippen molar-refractivity contribution in [2.45, 2.75) is 26.7 Å². The van der Waals surface area contributed by atoms with Crippen LogP contribution < -0.4 is 5.73 Å². The first-order chi connectivity index (χ1) is 7.99. The zero-order chi connectivity index (χ0) is 12.6. The number of nitrogens with two attached hydrogens (primary N) is 1. The monoisotopic (exact) mass is 310 g/mol. The summed E-state index contributed by atoms with van der Waals surface area (Å²) in [7, 11) is 0. The van der Waals surface area contributed by atoms with Crippen molar-refractivity contribution in [3.8, 4) is 0 Å². The number of anilines is 1. The molecule has 0 fully saturated rings. The Labute approximate surface area is 114 Å². The lowest BCUT2D eigenvalue weighted by molar-refractivity contribution is 0.924. The highest BCUT2D eigenvalue weighted by Gasteiger charge is 2.15. The maximum Gasteiger partial charge on any atom is 0.180 e. The standard InChI is InChI=1S/C13H15BrN2S/c1-7-6-10(4-5-11(7)14)8(2)12-9(3)16-13(15)17-12/h4-6,8H,1-3H3,(H2,15,16). The lowest BCUT2D eigenvalue weighted by atomic mass is 9.97. The van der Waals surface area contributed by atoms with Crippen LogP contribution in [0.2, 0.25) is 0 Å². The second-order valence-corrected chi connectivity index (χ2v) is 6.15. The average molecular weight is 311 g/mol. The van der Waals surface area contributed by atoms with E-state index in [-0.39, 0.29) is 0 Å². The zero-order valence-corrected chi connectivity index (χ0v) is 12.5. The van der Waals surface area contributed by atoms with Crippen LogP contribution in [0.15, 0.2) is 22.7 Å². The number of rotatable bonds is 2. The van der Waals surface area contributed by atoms with Crippen molar-refractivity contribution < 1.29 is 0 Å². The molecule has 1 aromatic carbocycles. The van der Waals surface area contributed by atoms with Crippen molar-refractivity contribution in [3.63, 3.8) is 0 Å². The van der Waals surface area contributed by atoms with Gasteiger partial charge in [0.2, 0.25) is 0 Å². The van der Waals surface area contributed by atoms with Gasteiger partial charge in [0.25, 0.3) is 0 Å². The lowest BCUT2D eigenvalue weighted by Gasteiger charge is -2.12. The smallest absolute Gasteiger partial charge is 0.180 e. The Balaban J connectivity index is 2.40. The van der Waals surface area contributed by atoms with Crippen molar-refractivity contribution in [2.24, 2.45) is 0 Å². The minimum Gasteiger partial charge on any atom is -0.375 e. The minimum absolute atomic E-state index is 0.344. The van der Waals surface area contributed by atoms with E-state index in [2.05, 4.69) is 53.0 Å². The third kappa shape index (κ3) is 2.53. The van der Waals surface area contributed by atoms with Gasteiger partial charge >= 0.3 is 0 Å². The van der Waals surface area contributed by atoms with Crippen molar-refractivity contribution in [2.75, 3.05) is 5.73 Å². The Morgan fingerprint density at radius 1 is 1.35 bits per heavy atom. The summed E-state index contributed by atoms with van der Waals surface area (Å²) in [6.45, 7) is 6.32. The van der Waals surface area contributed by atoms with Crippen LogP contribution in [-0.4, -0.2) is 4.98 Å². The number of benzene rings is 1. The molecule has 2 N–H and O–H groups in total. The van der Waals surface area contributed by atoms with E-state index in [0.29, 0.717) is 11.0 Å². The second kappa shape index (κ2) is 4.78. The van der Waals surface area contributed by atoms with Crippen molar-refractivity contribution in [1.82, 2.24) is 4.98 Å². The molecule has 2 aromatic rings. The summed E-state index contributed by atoms with van der Waals surface area (Å²) in [6, 6.07) is 6.46. The molecule has 90 valence electrons. The third-order valence-electron chi connectivity index (χ3n) is 2.92. The van der Waals surface area contributed by atoms with Crippen LogP contribution in [0.5, 0.6) is 0 Å². The Morgan fingerprint density at radius 3 is 2.59 bits per heavy atom. The summed E-state index contributed by atoms with van der Waals surface area (Å²) in [6.07, 6.45) is 0. The van der Waals surface area contributed by atoms with E-state index < -0.39 is 0 Å². The van der Waals surface area contributed by atoms with E-state index in [1.807, 2.05) is 6.92 Å². The first-order valence-corrected chi connectivity index (χ1v) is 7.09. The minimum atomic E-state index is 0.344. The predicted molar refractivity (Wildman–Crippen MR) is 77.7 cm³/mol. The van der Waals surface area contributed by atoms with Gasteiger partial charge in [0, 0.05) is 15.3 Å². The molecule has 0 aliphatic heterocycles. The van der Waals surface area contributed by atoms with Gasteiger partial charge in [-0.05, 0) is 31.0 Å². The molecule has 1 atom stereocenters. The second-order valence-electron chi connectivity index (χ2n) is 4.23. The molecule has 0 bridgehead atoms. The molecule has 0 radical (unpaired) electrons. The maximum atomic E-state index is 5.75. The van der Waals surface area contributed by atoms with Gasteiger partial charge < -0.3 is 5.73 Å². The molecule has 0 amide bonds. The molecule has 0 spiro atoms. The average Bonchev–Trinajstić information content (AvgIpc) is 2.61. The van der Waals surface area contributed by atoms with E-state index in [0.717, 1.165) is 10.2 Å². The molecule has 1 unspecified atom stereocenters. The number of aryl methyl sites for hydroxylation is 2. The summed E-state index contributed by atoms with van der Waals surface area (Å²) in [5, 5.41) is 0.651. The molecule has 1 aromatic heterocycles. The van der Waals surface area contributed by atoms with Crippen LogP contribution in [0.3, 0.4) is 0 Å². The molecule has 17 heavy (non-hydrogen) atoms. The van der Waals surface area contributed by atoms with Crippen molar-refractivity contribution in [3.05, 3.63) is 44.4 Å². The number of hydrogen-bond donors (Lipinski definition) is 1. The topological polar surface area (TPSA) is 38.9 Å². The third-order valence-corrected chi connectivity index (χ3v) is 4.98. The largest absolute Gasteiger partial charge is 0.375 e. The Bertz CT molecular complexity index is 548. The van der Waals surface area contributed by atoms with E-state index in [9.17, 15) is 0 Å². The van der Waals surface area contributed by atoms with Crippen molar-refractivity contribution >= 4 is 32.4 Å². The first-order valence-electron chi connectivity index (χ1n) is 5.48. The zero-order valence-electron chi connectivity index (χ0n) is 10.1. The highest BCUT2D eigenvalue weighted by Crippen LogP contribution is 2.33. The normalized spacial score (nSPS) is 12.7. The summed E-state index contributed by atoms with van der Waals surface area (Å²) >= 11 is 5.11. The molecule has 2 rings (SSSR count). The predicted octanol–water partition coefficient (Wildman–Crippen LogP) is 4.26. The number of halogens is 1. The van der Waals surface area contributed by atoms with E-state index in [1.165, 1.54) is 16.0 Å². The highest BCUT2D eigenvalue weighted by atomic mass is 79.9. The first kappa shape index (κ1) is 12.6. The van der Waals surface area contributed by atoms with Gasteiger partial charge in [-0.25, -0.2) is 4.98 Å². The van der Waals surface area contributed by atoms with Crippen LogP contribution >= 0.6 is 27.3 Å². The van der Waals surface area contributed by atoms with Gasteiger partial charge in [-0.15, -0.1) is 11.3 Å². The number of nitrogen functional groups attached to an aromatic ring is 1. The number of aromatic nitrogens is 1. The molecule has 0 saturated carbocycles. The van der Waals surface area contributed by atoms with Gasteiger partial charge in [0.15, 0.2) is 5.13 Å². The Hall–Kier alpha value is -0.870. The summed E-state index contributed by atoms with van der Waals surface area (Å²) in [4.78, 5) is 5.54. The highest BCUT2D eigenvalue weighted by molar-refractivity contribution is 9.10. The van der Waals surface area contributed by atoms with E-state index in [4.69, 9.17) is 5.73 Å². The fourth-order valence-electron chi connectivity index (χ4n) is 1.92. The number of nitrogens with zero attached hydrogens (tertiary/aromatic N) is 1. The van der Waals surface area contributed by atoms with E-state index >= 15 is 0 Å². The van der Waals surface area contributed by atoms with Gasteiger partial charge in [-0.2, -0.15) is 0 Å². The van der Waals surface area contributed by atoms with Crippen LogP contribution in [0.1, 0.15) is 34.5 Å². The summed E-state index contributed by atoms with van der Waals surface area (Å²) < 4.78 is 1.15. The molecule has 0 aliphatic rings. The SMILES string of the molecule is Cc1cc(C(C)c2sc(N)nc2C)ccc1Br. The number of thiazole rings is 1. The summed E-state index contributed by atoms with van der Waals surface area (Å²) in [5.74, 6) is 0.344. The van der Waals surface area contributed by atoms with Crippen LogP contribution in [0.25, 0.3) is 0 Å². The molecule has 0 saturated heterocycles. The summed E-state index contributed by atoms with van der Waals surface area (Å²) in [5.41, 5.74) is 9.35. The Kier molecular flexibility index (Phi) is 3.54. The van der Waals surface area contributed by atoms with Gasteiger partial charge in [-0.1, -0.05) is 35.0 Å². The molecular weight excluding hydrogens is 296 g/mol. The van der Waals surface area contributed by atoms with Crippen LogP contribution in [0, 0.1) is 13.8 Å². The van der Waals surface area contributed by atoms with Crippen molar-refractivity contribution in [1.29, 1.82) is 0 Å².